The van der Waals surface area contributed by atoms with Gasteiger partial charge in [0.25, 0.3) is 0 Å². The first-order chi connectivity index (χ1) is 8.69. The smallest absolute Gasteiger partial charge is 0.0530 e. The van der Waals surface area contributed by atoms with Crippen LogP contribution in [0.5, 0.6) is 0 Å². The van der Waals surface area contributed by atoms with Gasteiger partial charge in [0.2, 0.25) is 0 Å². The molecule has 0 aliphatic carbocycles. The molecule has 2 rings (SSSR count). The summed E-state index contributed by atoms with van der Waals surface area (Å²) in [5.74, 6) is 0.956. The second-order valence-electron chi connectivity index (χ2n) is 4.35. The maximum Gasteiger partial charge on any atom is 0.0530 e. The largest absolute Gasteiger partial charge is 0.324 e. The van der Waals surface area contributed by atoms with Crippen LogP contribution in [0, 0.1) is 0 Å². The first-order valence-corrected chi connectivity index (χ1v) is 7.17. The summed E-state index contributed by atoms with van der Waals surface area (Å²) in [4.78, 5) is 1.27. The van der Waals surface area contributed by atoms with E-state index in [2.05, 4.69) is 42.5 Å². The van der Waals surface area contributed by atoms with Crippen molar-refractivity contribution in [2.24, 2.45) is 5.73 Å². The molecule has 4 heteroatoms. The van der Waals surface area contributed by atoms with E-state index >= 15 is 0 Å². The predicted molar refractivity (Wildman–Crippen MR) is 76.5 cm³/mol. The van der Waals surface area contributed by atoms with Gasteiger partial charge < -0.3 is 5.73 Å². The number of nitrogens with two attached hydrogens (primary N) is 1. The minimum atomic E-state index is 0.104. The number of aromatic nitrogens is 2. The Morgan fingerprint density at radius 2 is 2.06 bits per heavy atom. The number of thioether (sulfide) groups is 1. The second-order valence-corrected chi connectivity index (χ2v) is 5.40. The average Bonchev–Trinajstić information content (AvgIpc) is 2.85. The minimum Gasteiger partial charge on any atom is -0.324 e. The summed E-state index contributed by atoms with van der Waals surface area (Å²) < 4.78 is 1.95. The average molecular weight is 261 g/mol. The molecule has 0 bridgehead atoms. The fraction of sp³-hybridized carbons (Fsp3) is 0.357. The number of aryl methyl sites for hydroxylation is 1. The summed E-state index contributed by atoms with van der Waals surface area (Å²) in [6, 6.07) is 8.57. The summed E-state index contributed by atoms with van der Waals surface area (Å²) in [6.45, 7) is 5.02. The van der Waals surface area contributed by atoms with Crippen LogP contribution in [0.1, 0.15) is 31.0 Å². The zero-order valence-electron chi connectivity index (χ0n) is 10.8. The van der Waals surface area contributed by atoms with E-state index in [1.807, 2.05) is 29.6 Å². The van der Waals surface area contributed by atoms with Gasteiger partial charge in [-0.05, 0) is 31.5 Å². The van der Waals surface area contributed by atoms with Gasteiger partial charge in [0, 0.05) is 35.0 Å². The van der Waals surface area contributed by atoms with Crippen molar-refractivity contribution in [3.8, 4) is 0 Å². The monoisotopic (exact) mass is 261 g/mol. The SMILES string of the molecule is CCn1cc(CSc2ccc(C(C)N)cc2)cn1. The van der Waals surface area contributed by atoms with Gasteiger partial charge >= 0.3 is 0 Å². The molecule has 0 saturated carbocycles. The molecule has 0 saturated heterocycles. The van der Waals surface area contributed by atoms with Crippen LogP contribution >= 0.6 is 11.8 Å². The van der Waals surface area contributed by atoms with Crippen molar-refractivity contribution in [1.82, 2.24) is 9.78 Å². The lowest BCUT2D eigenvalue weighted by atomic mass is 10.1. The minimum absolute atomic E-state index is 0.104. The Morgan fingerprint density at radius 1 is 1.33 bits per heavy atom. The van der Waals surface area contributed by atoms with Gasteiger partial charge in [0.05, 0.1) is 6.20 Å². The third kappa shape index (κ3) is 3.37. The summed E-state index contributed by atoms with van der Waals surface area (Å²) in [6.07, 6.45) is 4.04. The zero-order valence-corrected chi connectivity index (χ0v) is 11.7. The van der Waals surface area contributed by atoms with E-state index < -0.39 is 0 Å². The summed E-state index contributed by atoms with van der Waals surface area (Å²) in [5.41, 5.74) is 8.27. The highest BCUT2D eigenvalue weighted by atomic mass is 32.2. The second kappa shape index (κ2) is 6.07. The maximum absolute atomic E-state index is 5.83. The topological polar surface area (TPSA) is 43.8 Å². The molecule has 1 aromatic carbocycles. The maximum atomic E-state index is 5.83. The van der Waals surface area contributed by atoms with Gasteiger partial charge in [0.15, 0.2) is 0 Å². The van der Waals surface area contributed by atoms with E-state index in [0.29, 0.717) is 0 Å². The number of hydrogen-bond donors (Lipinski definition) is 1. The van der Waals surface area contributed by atoms with Gasteiger partial charge in [-0.25, -0.2) is 0 Å². The van der Waals surface area contributed by atoms with Crippen molar-refractivity contribution in [2.45, 2.75) is 37.1 Å². The first kappa shape index (κ1) is 13.2. The Balaban J connectivity index is 1.93. The van der Waals surface area contributed by atoms with Crippen LogP contribution in [-0.4, -0.2) is 9.78 Å². The van der Waals surface area contributed by atoms with E-state index in [4.69, 9.17) is 5.73 Å². The van der Waals surface area contributed by atoms with E-state index in [-0.39, 0.29) is 6.04 Å². The standard InChI is InChI=1S/C14H19N3S/c1-3-17-9-12(8-16-17)10-18-14-6-4-13(5-7-14)11(2)15/h4-9,11H,3,10,15H2,1-2H3. The van der Waals surface area contributed by atoms with Gasteiger partial charge in [-0.2, -0.15) is 5.10 Å². The van der Waals surface area contributed by atoms with Crippen LogP contribution in [0.2, 0.25) is 0 Å². The normalized spacial score (nSPS) is 12.6. The molecule has 1 heterocycles. The Hall–Kier alpha value is -1.26. The van der Waals surface area contributed by atoms with Gasteiger partial charge in [-0.3, -0.25) is 4.68 Å². The predicted octanol–water partition coefficient (Wildman–Crippen LogP) is 3.22. The lowest BCUT2D eigenvalue weighted by molar-refractivity contribution is 0.659. The molecule has 0 spiro atoms. The lowest BCUT2D eigenvalue weighted by Crippen LogP contribution is -2.04. The van der Waals surface area contributed by atoms with Crippen molar-refractivity contribution in [1.29, 1.82) is 0 Å². The molecule has 0 fully saturated rings. The molecule has 0 aliphatic heterocycles. The highest BCUT2D eigenvalue weighted by Gasteiger charge is 2.01. The van der Waals surface area contributed by atoms with Crippen LogP contribution in [0.3, 0.4) is 0 Å². The molecule has 1 atom stereocenters. The Bertz CT molecular complexity index is 488. The fourth-order valence-electron chi connectivity index (χ4n) is 1.69. The van der Waals surface area contributed by atoms with Crippen molar-refractivity contribution in [3.63, 3.8) is 0 Å². The molecule has 1 unspecified atom stereocenters. The fourth-order valence-corrected chi connectivity index (χ4v) is 2.50. The lowest BCUT2D eigenvalue weighted by Gasteiger charge is -2.06. The van der Waals surface area contributed by atoms with Crippen molar-refractivity contribution >= 4 is 11.8 Å². The molecule has 1 aromatic heterocycles. The molecule has 0 aliphatic rings. The van der Waals surface area contributed by atoms with Gasteiger partial charge in [0.1, 0.15) is 0 Å². The Morgan fingerprint density at radius 3 is 2.61 bits per heavy atom. The van der Waals surface area contributed by atoms with E-state index in [0.717, 1.165) is 12.3 Å². The molecular formula is C14H19N3S. The highest BCUT2D eigenvalue weighted by Crippen LogP contribution is 2.23. The van der Waals surface area contributed by atoms with Crippen LogP contribution in [0.15, 0.2) is 41.6 Å². The van der Waals surface area contributed by atoms with Gasteiger partial charge in [-0.15, -0.1) is 11.8 Å². The van der Waals surface area contributed by atoms with E-state index in [1.54, 1.807) is 0 Å². The molecule has 96 valence electrons. The third-order valence-electron chi connectivity index (χ3n) is 2.82. The van der Waals surface area contributed by atoms with Crippen molar-refractivity contribution in [2.75, 3.05) is 0 Å². The Kier molecular flexibility index (Phi) is 4.44. The molecule has 0 radical (unpaired) electrons. The quantitative estimate of drug-likeness (QED) is 0.840. The van der Waals surface area contributed by atoms with Crippen LogP contribution in [0.4, 0.5) is 0 Å². The molecule has 2 N–H and O–H groups in total. The first-order valence-electron chi connectivity index (χ1n) is 6.18. The van der Waals surface area contributed by atoms with Gasteiger partial charge in [-0.1, -0.05) is 12.1 Å². The summed E-state index contributed by atoms with van der Waals surface area (Å²) in [5, 5.41) is 4.27. The summed E-state index contributed by atoms with van der Waals surface area (Å²) in [7, 11) is 0. The third-order valence-corrected chi connectivity index (χ3v) is 3.91. The van der Waals surface area contributed by atoms with E-state index in [9.17, 15) is 0 Å². The molecule has 3 nitrogen and oxygen atoms in total. The summed E-state index contributed by atoms with van der Waals surface area (Å²) >= 11 is 1.82. The molecule has 2 aromatic rings. The van der Waals surface area contributed by atoms with Crippen molar-refractivity contribution < 1.29 is 0 Å². The van der Waals surface area contributed by atoms with E-state index in [1.165, 1.54) is 16.0 Å². The highest BCUT2D eigenvalue weighted by molar-refractivity contribution is 7.98. The zero-order chi connectivity index (χ0) is 13.0. The molecular weight excluding hydrogens is 242 g/mol. The molecule has 0 amide bonds. The number of rotatable bonds is 5. The van der Waals surface area contributed by atoms with Crippen LogP contribution in [-0.2, 0) is 12.3 Å². The Labute approximate surface area is 112 Å². The van der Waals surface area contributed by atoms with Crippen LogP contribution < -0.4 is 5.73 Å². The number of nitrogens with zero attached hydrogens (tertiary/aromatic N) is 2. The molecule has 18 heavy (non-hydrogen) atoms. The number of benzene rings is 1. The number of hydrogen-bond acceptors (Lipinski definition) is 3. The van der Waals surface area contributed by atoms with Crippen LogP contribution in [0.25, 0.3) is 0 Å². The van der Waals surface area contributed by atoms with Crippen molar-refractivity contribution in [3.05, 3.63) is 47.8 Å².